The topological polar surface area (TPSA) is 56.7 Å². The van der Waals surface area contributed by atoms with Gasteiger partial charge in [-0.3, -0.25) is 0 Å². The SMILES string of the molecule is CCNC(=NCc1ccsc1)NCC1CCCC1O. The molecule has 0 amide bonds. The fourth-order valence-corrected chi connectivity index (χ4v) is 3.04. The number of aliphatic imine (C=N–C) groups is 1. The molecule has 106 valence electrons. The van der Waals surface area contributed by atoms with Gasteiger partial charge in [0.15, 0.2) is 5.96 Å². The van der Waals surface area contributed by atoms with E-state index in [9.17, 15) is 5.11 Å². The van der Waals surface area contributed by atoms with E-state index < -0.39 is 0 Å². The Morgan fingerprint density at radius 1 is 1.47 bits per heavy atom. The van der Waals surface area contributed by atoms with Crippen LogP contribution in [0, 0.1) is 5.92 Å². The van der Waals surface area contributed by atoms with Crippen molar-refractivity contribution in [2.75, 3.05) is 13.1 Å². The van der Waals surface area contributed by atoms with E-state index in [1.165, 1.54) is 5.56 Å². The van der Waals surface area contributed by atoms with Crippen LogP contribution < -0.4 is 10.6 Å². The lowest BCUT2D eigenvalue weighted by molar-refractivity contribution is 0.134. The van der Waals surface area contributed by atoms with Crippen LogP contribution in [-0.2, 0) is 6.54 Å². The molecule has 0 bridgehead atoms. The highest BCUT2D eigenvalue weighted by molar-refractivity contribution is 7.07. The monoisotopic (exact) mass is 281 g/mol. The quantitative estimate of drug-likeness (QED) is 0.571. The van der Waals surface area contributed by atoms with Crippen LogP contribution in [0.1, 0.15) is 31.7 Å². The number of aliphatic hydroxyl groups excluding tert-OH is 1. The fourth-order valence-electron chi connectivity index (χ4n) is 2.38. The molecule has 2 atom stereocenters. The summed E-state index contributed by atoms with van der Waals surface area (Å²) < 4.78 is 0. The molecular weight excluding hydrogens is 258 g/mol. The smallest absolute Gasteiger partial charge is 0.191 e. The van der Waals surface area contributed by atoms with Gasteiger partial charge in [0.25, 0.3) is 0 Å². The summed E-state index contributed by atoms with van der Waals surface area (Å²) in [5.41, 5.74) is 1.24. The van der Waals surface area contributed by atoms with E-state index in [1.54, 1.807) is 11.3 Å². The summed E-state index contributed by atoms with van der Waals surface area (Å²) in [4.78, 5) is 4.56. The van der Waals surface area contributed by atoms with Crippen molar-refractivity contribution >= 4 is 17.3 Å². The fraction of sp³-hybridized carbons (Fsp3) is 0.643. The van der Waals surface area contributed by atoms with Crippen molar-refractivity contribution in [1.82, 2.24) is 10.6 Å². The third-order valence-corrected chi connectivity index (χ3v) is 4.23. The Kier molecular flexibility index (Phi) is 5.66. The van der Waals surface area contributed by atoms with Crippen LogP contribution in [0.5, 0.6) is 0 Å². The molecule has 0 saturated heterocycles. The first-order valence-corrected chi connectivity index (χ1v) is 7.95. The summed E-state index contributed by atoms with van der Waals surface area (Å²) >= 11 is 1.70. The molecule has 2 rings (SSSR count). The van der Waals surface area contributed by atoms with Gasteiger partial charge in [-0.25, -0.2) is 4.99 Å². The van der Waals surface area contributed by atoms with Crippen molar-refractivity contribution in [1.29, 1.82) is 0 Å². The third kappa shape index (κ3) is 4.51. The van der Waals surface area contributed by atoms with Crippen molar-refractivity contribution < 1.29 is 5.11 Å². The lowest BCUT2D eigenvalue weighted by atomic mass is 10.1. The number of thiophene rings is 1. The molecule has 1 aliphatic rings. The van der Waals surface area contributed by atoms with Gasteiger partial charge in [-0.15, -0.1) is 0 Å². The standard InChI is InChI=1S/C14H23N3OS/c1-2-15-14(16-8-11-6-7-19-10-11)17-9-12-4-3-5-13(12)18/h6-7,10,12-13,18H,2-5,8-9H2,1H3,(H2,15,16,17). The van der Waals surface area contributed by atoms with Gasteiger partial charge in [0, 0.05) is 19.0 Å². The van der Waals surface area contributed by atoms with Crippen LogP contribution in [0.4, 0.5) is 0 Å². The number of aliphatic hydroxyl groups is 1. The highest BCUT2D eigenvalue weighted by Crippen LogP contribution is 2.24. The van der Waals surface area contributed by atoms with Gasteiger partial charge in [-0.1, -0.05) is 6.42 Å². The van der Waals surface area contributed by atoms with Gasteiger partial charge in [0.1, 0.15) is 0 Å². The molecule has 2 unspecified atom stereocenters. The molecule has 1 heterocycles. The Morgan fingerprint density at radius 3 is 3.00 bits per heavy atom. The molecule has 0 spiro atoms. The normalized spacial score (nSPS) is 23.6. The van der Waals surface area contributed by atoms with Crippen molar-refractivity contribution in [2.45, 2.75) is 38.8 Å². The third-order valence-electron chi connectivity index (χ3n) is 3.49. The van der Waals surface area contributed by atoms with Crippen LogP contribution in [-0.4, -0.2) is 30.3 Å². The number of hydrogen-bond acceptors (Lipinski definition) is 3. The molecule has 0 aromatic carbocycles. The molecular formula is C14H23N3OS. The average Bonchev–Trinajstić information content (AvgIpc) is 3.04. The average molecular weight is 281 g/mol. The van der Waals surface area contributed by atoms with Gasteiger partial charge in [-0.2, -0.15) is 11.3 Å². The first-order chi connectivity index (χ1) is 9.29. The molecule has 1 aliphatic carbocycles. The van der Waals surface area contributed by atoms with Gasteiger partial charge in [-0.05, 0) is 42.2 Å². The van der Waals surface area contributed by atoms with Gasteiger partial charge >= 0.3 is 0 Å². The maximum atomic E-state index is 9.81. The minimum absolute atomic E-state index is 0.146. The number of rotatable bonds is 5. The second kappa shape index (κ2) is 7.50. The van der Waals surface area contributed by atoms with Crippen molar-refractivity contribution in [2.24, 2.45) is 10.9 Å². The maximum Gasteiger partial charge on any atom is 0.191 e. The molecule has 1 aromatic heterocycles. The minimum atomic E-state index is -0.146. The minimum Gasteiger partial charge on any atom is -0.393 e. The van der Waals surface area contributed by atoms with Crippen molar-refractivity contribution in [3.05, 3.63) is 22.4 Å². The predicted octanol–water partition coefficient (Wildman–Crippen LogP) is 1.96. The summed E-state index contributed by atoms with van der Waals surface area (Å²) in [6, 6.07) is 2.10. The van der Waals surface area contributed by atoms with Crippen LogP contribution in [0.25, 0.3) is 0 Å². The number of hydrogen-bond donors (Lipinski definition) is 3. The largest absolute Gasteiger partial charge is 0.393 e. The Bertz CT molecular complexity index is 391. The van der Waals surface area contributed by atoms with Gasteiger partial charge in [0.05, 0.1) is 12.6 Å². The van der Waals surface area contributed by atoms with Crippen molar-refractivity contribution in [3.8, 4) is 0 Å². The van der Waals surface area contributed by atoms with E-state index in [4.69, 9.17) is 0 Å². The molecule has 0 aliphatic heterocycles. The van der Waals surface area contributed by atoms with E-state index in [2.05, 4.69) is 39.4 Å². The van der Waals surface area contributed by atoms with E-state index in [0.717, 1.165) is 38.3 Å². The lowest BCUT2D eigenvalue weighted by Gasteiger charge is -2.17. The summed E-state index contributed by atoms with van der Waals surface area (Å²) in [5.74, 6) is 1.21. The Hall–Kier alpha value is -1.07. The summed E-state index contributed by atoms with van der Waals surface area (Å²) in [7, 11) is 0. The molecule has 1 fully saturated rings. The number of nitrogens with zero attached hydrogens (tertiary/aromatic N) is 1. The maximum absolute atomic E-state index is 9.81. The van der Waals surface area contributed by atoms with E-state index >= 15 is 0 Å². The van der Waals surface area contributed by atoms with Crippen LogP contribution in [0.15, 0.2) is 21.8 Å². The van der Waals surface area contributed by atoms with Crippen LogP contribution in [0.3, 0.4) is 0 Å². The summed E-state index contributed by atoms with van der Waals surface area (Å²) in [5, 5.41) is 20.6. The first kappa shape index (κ1) is 14.3. The molecule has 19 heavy (non-hydrogen) atoms. The van der Waals surface area contributed by atoms with E-state index in [-0.39, 0.29) is 6.10 Å². The molecule has 3 N–H and O–H groups in total. The first-order valence-electron chi connectivity index (χ1n) is 7.01. The second-order valence-corrected chi connectivity index (χ2v) is 5.75. The van der Waals surface area contributed by atoms with Crippen LogP contribution >= 0.6 is 11.3 Å². The highest BCUT2D eigenvalue weighted by Gasteiger charge is 2.24. The predicted molar refractivity (Wildman–Crippen MR) is 80.5 cm³/mol. The number of guanidine groups is 1. The number of nitrogens with one attached hydrogen (secondary N) is 2. The van der Waals surface area contributed by atoms with Crippen LogP contribution in [0.2, 0.25) is 0 Å². The van der Waals surface area contributed by atoms with Gasteiger partial charge < -0.3 is 15.7 Å². The lowest BCUT2D eigenvalue weighted by Crippen LogP contribution is -2.41. The Labute approximate surface area is 119 Å². The van der Waals surface area contributed by atoms with Crippen molar-refractivity contribution in [3.63, 3.8) is 0 Å². The van der Waals surface area contributed by atoms with E-state index in [1.807, 2.05) is 0 Å². The Morgan fingerprint density at radius 2 is 2.37 bits per heavy atom. The molecule has 1 aromatic rings. The zero-order valence-electron chi connectivity index (χ0n) is 11.4. The molecule has 1 saturated carbocycles. The Balaban J connectivity index is 1.83. The molecule has 0 radical (unpaired) electrons. The molecule has 4 nitrogen and oxygen atoms in total. The van der Waals surface area contributed by atoms with Gasteiger partial charge in [0.2, 0.25) is 0 Å². The highest BCUT2D eigenvalue weighted by atomic mass is 32.1. The zero-order valence-corrected chi connectivity index (χ0v) is 12.2. The second-order valence-electron chi connectivity index (χ2n) is 4.97. The zero-order chi connectivity index (χ0) is 13.5. The summed E-state index contributed by atoms with van der Waals surface area (Å²) in [6.45, 7) is 4.41. The molecule has 5 heteroatoms. The van der Waals surface area contributed by atoms with E-state index in [0.29, 0.717) is 12.5 Å². The summed E-state index contributed by atoms with van der Waals surface area (Å²) in [6.07, 6.45) is 3.04.